The molecule has 1 atom stereocenters. The third kappa shape index (κ3) is 2.74. The zero-order chi connectivity index (χ0) is 15.9. The Morgan fingerprint density at radius 3 is 2.73 bits per heavy atom. The van der Waals surface area contributed by atoms with Crippen molar-refractivity contribution in [1.82, 2.24) is 4.98 Å². The molecule has 1 aromatic heterocycles. The lowest BCUT2D eigenvalue weighted by Gasteiger charge is -2.12. The van der Waals surface area contributed by atoms with Gasteiger partial charge in [-0.25, -0.2) is 22.9 Å². The molecule has 1 saturated heterocycles. The highest BCUT2D eigenvalue weighted by Crippen LogP contribution is 2.31. The average Bonchev–Trinajstić information content (AvgIpc) is 3.05. The van der Waals surface area contributed by atoms with Gasteiger partial charge < -0.3 is 0 Å². The van der Waals surface area contributed by atoms with Crippen LogP contribution in [-0.2, 0) is 14.8 Å². The highest BCUT2D eigenvalue weighted by molar-refractivity contribution is 7.89. The Hall–Kier alpha value is -1.84. The number of hydrogen-bond acceptors (Lipinski definition) is 5. The number of amides is 1. The van der Waals surface area contributed by atoms with Gasteiger partial charge in [0.2, 0.25) is 15.9 Å². The fourth-order valence-corrected chi connectivity index (χ4v) is 3.84. The van der Waals surface area contributed by atoms with E-state index >= 15 is 0 Å². The number of carbonyl (C=O) groups excluding carboxylic acids is 1. The second-order valence-corrected chi connectivity index (χ2v) is 7.60. The Morgan fingerprint density at radius 1 is 1.36 bits per heavy atom. The van der Waals surface area contributed by atoms with Gasteiger partial charge in [-0.2, -0.15) is 0 Å². The molecule has 0 aliphatic carbocycles. The van der Waals surface area contributed by atoms with Crippen molar-refractivity contribution in [3.05, 3.63) is 35.5 Å². The van der Waals surface area contributed by atoms with E-state index in [0.29, 0.717) is 16.4 Å². The molecule has 9 heteroatoms. The summed E-state index contributed by atoms with van der Waals surface area (Å²) < 4.78 is 36.5. The third-order valence-corrected chi connectivity index (χ3v) is 5.54. The number of primary sulfonamides is 1. The summed E-state index contributed by atoms with van der Waals surface area (Å²) in [5.74, 6) is -0.761. The molecule has 0 bridgehead atoms. The summed E-state index contributed by atoms with van der Waals surface area (Å²) >= 11 is 1.16. The number of anilines is 1. The predicted molar refractivity (Wildman–Crippen MR) is 81.4 cm³/mol. The Morgan fingerprint density at radius 2 is 2.09 bits per heavy atom. The highest BCUT2D eigenvalue weighted by atomic mass is 32.2. The van der Waals surface area contributed by atoms with Crippen molar-refractivity contribution in [2.75, 3.05) is 11.4 Å². The Labute approximate surface area is 130 Å². The minimum absolute atomic E-state index is 0.0259. The van der Waals surface area contributed by atoms with Crippen LogP contribution in [0, 0.1) is 5.82 Å². The van der Waals surface area contributed by atoms with E-state index in [9.17, 15) is 17.6 Å². The minimum atomic E-state index is -3.77. The monoisotopic (exact) mass is 341 g/mol. The van der Waals surface area contributed by atoms with Gasteiger partial charge in [0.1, 0.15) is 11.1 Å². The first-order valence-electron chi connectivity index (χ1n) is 6.38. The summed E-state index contributed by atoms with van der Waals surface area (Å²) in [6.07, 6.45) is -0.159. The van der Waals surface area contributed by atoms with E-state index in [1.54, 1.807) is 23.6 Å². The van der Waals surface area contributed by atoms with E-state index in [0.717, 1.165) is 11.3 Å². The molecule has 116 valence electrons. The molecule has 1 amide bonds. The first kappa shape index (κ1) is 15.1. The van der Waals surface area contributed by atoms with Crippen LogP contribution in [0.15, 0.2) is 29.6 Å². The molecule has 1 unspecified atom stereocenters. The third-order valence-electron chi connectivity index (χ3n) is 3.43. The Bertz CT molecular complexity index is 835. The average molecular weight is 341 g/mol. The fourth-order valence-electron chi connectivity index (χ4n) is 2.26. The standard InChI is InChI=1S/C13H12FN3O3S2/c14-10-4-2-1-3-9(10)11-7-21-13(16-11)17-6-8(5-12(17)18)22(15,19)20/h1-4,7-8H,5-6H2,(H2,15,19,20). The molecule has 0 saturated carbocycles. The van der Waals surface area contributed by atoms with E-state index < -0.39 is 21.1 Å². The van der Waals surface area contributed by atoms with Gasteiger partial charge in [-0.3, -0.25) is 9.69 Å². The van der Waals surface area contributed by atoms with Crippen molar-refractivity contribution in [2.24, 2.45) is 5.14 Å². The Kier molecular flexibility index (Phi) is 3.71. The van der Waals surface area contributed by atoms with E-state index in [-0.39, 0.29) is 18.9 Å². The van der Waals surface area contributed by atoms with Crippen LogP contribution in [0.25, 0.3) is 11.3 Å². The SMILES string of the molecule is NS(=O)(=O)C1CC(=O)N(c2nc(-c3ccccc3F)cs2)C1. The maximum Gasteiger partial charge on any atom is 0.230 e. The van der Waals surface area contributed by atoms with Gasteiger partial charge >= 0.3 is 0 Å². The van der Waals surface area contributed by atoms with Crippen molar-refractivity contribution < 1.29 is 17.6 Å². The topological polar surface area (TPSA) is 93.4 Å². The lowest BCUT2D eigenvalue weighted by molar-refractivity contribution is -0.117. The van der Waals surface area contributed by atoms with Crippen molar-refractivity contribution in [3.8, 4) is 11.3 Å². The second kappa shape index (κ2) is 5.41. The van der Waals surface area contributed by atoms with Crippen LogP contribution in [0.2, 0.25) is 0 Å². The van der Waals surface area contributed by atoms with Crippen LogP contribution in [0.1, 0.15) is 6.42 Å². The summed E-state index contributed by atoms with van der Waals surface area (Å²) in [6, 6.07) is 6.18. The van der Waals surface area contributed by atoms with E-state index in [4.69, 9.17) is 5.14 Å². The summed E-state index contributed by atoms with van der Waals surface area (Å²) in [7, 11) is -3.77. The van der Waals surface area contributed by atoms with Gasteiger partial charge in [-0.1, -0.05) is 12.1 Å². The smallest absolute Gasteiger partial charge is 0.230 e. The fraction of sp³-hybridized carbons (Fsp3) is 0.231. The number of halogens is 1. The number of rotatable bonds is 3. The number of sulfonamides is 1. The number of thiazole rings is 1. The van der Waals surface area contributed by atoms with Gasteiger partial charge in [0.05, 0.1) is 5.69 Å². The minimum Gasteiger partial charge on any atom is -0.287 e. The lowest BCUT2D eigenvalue weighted by atomic mass is 10.2. The number of nitrogens with two attached hydrogens (primary N) is 1. The molecule has 22 heavy (non-hydrogen) atoms. The predicted octanol–water partition coefficient (Wildman–Crippen LogP) is 1.34. The Balaban J connectivity index is 1.89. The van der Waals surface area contributed by atoms with Crippen molar-refractivity contribution in [3.63, 3.8) is 0 Å². The quantitative estimate of drug-likeness (QED) is 0.912. The molecule has 6 nitrogen and oxygen atoms in total. The van der Waals surface area contributed by atoms with Crippen LogP contribution >= 0.6 is 11.3 Å². The van der Waals surface area contributed by atoms with E-state index in [2.05, 4.69) is 4.98 Å². The first-order chi connectivity index (χ1) is 10.4. The van der Waals surface area contributed by atoms with Crippen molar-refractivity contribution in [1.29, 1.82) is 0 Å². The largest absolute Gasteiger partial charge is 0.287 e. The molecule has 0 spiro atoms. The molecule has 1 aromatic carbocycles. The maximum absolute atomic E-state index is 13.7. The molecule has 1 aliphatic rings. The molecule has 0 radical (unpaired) electrons. The van der Waals surface area contributed by atoms with Gasteiger partial charge in [-0.15, -0.1) is 11.3 Å². The first-order valence-corrected chi connectivity index (χ1v) is 8.87. The zero-order valence-corrected chi connectivity index (χ0v) is 12.9. The molecule has 2 N–H and O–H groups in total. The van der Waals surface area contributed by atoms with Crippen molar-refractivity contribution >= 4 is 32.4 Å². The summed E-state index contributed by atoms with van der Waals surface area (Å²) in [4.78, 5) is 17.5. The molecule has 1 fully saturated rings. The van der Waals surface area contributed by atoms with Crippen molar-refractivity contribution in [2.45, 2.75) is 11.7 Å². The normalized spacial score (nSPS) is 18.9. The van der Waals surface area contributed by atoms with Crippen LogP contribution < -0.4 is 10.0 Å². The number of aromatic nitrogens is 1. The van der Waals surface area contributed by atoms with Crippen LogP contribution in [0.5, 0.6) is 0 Å². The summed E-state index contributed by atoms with van der Waals surface area (Å²) in [5, 5.41) is 6.13. The van der Waals surface area contributed by atoms with Gasteiger partial charge in [-0.05, 0) is 12.1 Å². The summed E-state index contributed by atoms with van der Waals surface area (Å²) in [6.45, 7) is -0.0259. The van der Waals surface area contributed by atoms with E-state index in [1.165, 1.54) is 11.0 Å². The highest BCUT2D eigenvalue weighted by Gasteiger charge is 2.38. The lowest BCUT2D eigenvalue weighted by Crippen LogP contribution is -2.32. The molecule has 2 heterocycles. The van der Waals surface area contributed by atoms with E-state index in [1.807, 2.05) is 0 Å². The number of hydrogen-bond donors (Lipinski definition) is 1. The molecular weight excluding hydrogens is 329 g/mol. The molecule has 2 aromatic rings. The van der Waals surface area contributed by atoms with Crippen LogP contribution in [0.4, 0.5) is 9.52 Å². The number of carbonyl (C=O) groups is 1. The molecule has 1 aliphatic heterocycles. The molecular formula is C13H12FN3O3S2. The summed E-state index contributed by atoms with van der Waals surface area (Å²) in [5.41, 5.74) is 0.740. The van der Waals surface area contributed by atoms with Gasteiger partial charge in [0.15, 0.2) is 5.13 Å². The number of benzene rings is 1. The zero-order valence-electron chi connectivity index (χ0n) is 11.3. The van der Waals surface area contributed by atoms with Gasteiger partial charge in [0.25, 0.3) is 0 Å². The molecule has 3 rings (SSSR count). The maximum atomic E-state index is 13.7. The number of nitrogens with zero attached hydrogens (tertiary/aromatic N) is 2. The van der Waals surface area contributed by atoms with Crippen LogP contribution in [-0.4, -0.2) is 31.1 Å². The van der Waals surface area contributed by atoms with Gasteiger partial charge in [0, 0.05) is 23.9 Å². The van der Waals surface area contributed by atoms with Crippen LogP contribution in [0.3, 0.4) is 0 Å². The second-order valence-electron chi connectivity index (χ2n) is 4.91.